The van der Waals surface area contributed by atoms with Crippen LogP contribution in [0.4, 0.5) is 0 Å². The Kier molecular flexibility index (Phi) is 65.3. The normalized spacial score (nSPS) is 13.0. The van der Waals surface area contributed by atoms with Crippen LogP contribution in [-0.4, -0.2) is 37.2 Å². The lowest BCUT2D eigenvalue weighted by Gasteiger charge is -2.18. The second kappa shape index (κ2) is 69.0. The second-order valence-electron chi connectivity index (χ2n) is 22.3. The van der Waals surface area contributed by atoms with Gasteiger partial charge in [-0.2, -0.15) is 0 Å². The van der Waals surface area contributed by atoms with Gasteiger partial charge in [0.15, 0.2) is 6.10 Å². The van der Waals surface area contributed by atoms with E-state index in [4.69, 9.17) is 14.2 Å². The van der Waals surface area contributed by atoms with Crippen molar-refractivity contribution in [2.75, 3.05) is 13.2 Å². The first-order valence-corrected chi connectivity index (χ1v) is 34.2. The molecule has 82 heavy (non-hydrogen) atoms. The van der Waals surface area contributed by atoms with Gasteiger partial charge in [0.1, 0.15) is 13.2 Å². The molecule has 0 amide bonds. The minimum Gasteiger partial charge on any atom is -0.462 e. The Morgan fingerprint density at radius 2 is 0.488 bits per heavy atom. The Balaban J connectivity index is 4.43. The van der Waals surface area contributed by atoms with Gasteiger partial charge in [0.25, 0.3) is 0 Å². The molecule has 0 aromatic heterocycles. The van der Waals surface area contributed by atoms with E-state index in [1.165, 1.54) is 148 Å². The Morgan fingerprint density at radius 1 is 0.256 bits per heavy atom. The van der Waals surface area contributed by atoms with E-state index in [0.29, 0.717) is 19.3 Å². The maximum absolute atomic E-state index is 12.9. The van der Waals surface area contributed by atoms with Gasteiger partial charge in [0.05, 0.1) is 0 Å². The molecule has 0 bridgehead atoms. The van der Waals surface area contributed by atoms with Crippen LogP contribution in [0.25, 0.3) is 0 Å². The molecule has 466 valence electrons. The van der Waals surface area contributed by atoms with Crippen molar-refractivity contribution < 1.29 is 28.6 Å². The number of carbonyl (C=O) groups is 3. The van der Waals surface area contributed by atoms with Gasteiger partial charge >= 0.3 is 17.9 Å². The molecular formula is C76H126O6. The molecule has 0 aliphatic rings. The number of hydrogen-bond acceptors (Lipinski definition) is 6. The van der Waals surface area contributed by atoms with Crippen molar-refractivity contribution >= 4 is 17.9 Å². The van der Waals surface area contributed by atoms with Gasteiger partial charge in [-0.25, -0.2) is 0 Å². The number of hydrogen-bond donors (Lipinski definition) is 0. The summed E-state index contributed by atoms with van der Waals surface area (Å²) in [4.78, 5) is 38.4. The zero-order valence-electron chi connectivity index (χ0n) is 53.5. The third kappa shape index (κ3) is 66.4. The van der Waals surface area contributed by atoms with Crippen LogP contribution < -0.4 is 0 Å². The van der Waals surface area contributed by atoms with Crippen LogP contribution in [-0.2, 0) is 28.6 Å². The van der Waals surface area contributed by atoms with Crippen molar-refractivity contribution in [2.45, 2.75) is 316 Å². The van der Waals surface area contributed by atoms with Gasteiger partial charge in [-0.1, -0.05) is 289 Å². The van der Waals surface area contributed by atoms with E-state index in [-0.39, 0.29) is 37.5 Å². The highest BCUT2D eigenvalue weighted by Gasteiger charge is 2.19. The molecule has 6 heteroatoms. The first-order valence-electron chi connectivity index (χ1n) is 34.2. The smallest absolute Gasteiger partial charge is 0.306 e. The van der Waals surface area contributed by atoms with E-state index in [0.717, 1.165) is 116 Å². The lowest BCUT2D eigenvalue weighted by Crippen LogP contribution is -2.30. The number of allylic oxidation sites excluding steroid dienone is 22. The molecular weight excluding hydrogens is 1010 g/mol. The predicted octanol–water partition coefficient (Wildman–Crippen LogP) is 23.7. The largest absolute Gasteiger partial charge is 0.462 e. The van der Waals surface area contributed by atoms with Crippen molar-refractivity contribution in [3.63, 3.8) is 0 Å². The van der Waals surface area contributed by atoms with Crippen LogP contribution in [0.1, 0.15) is 310 Å². The third-order valence-corrected chi connectivity index (χ3v) is 14.4. The highest BCUT2D eigenvalue weighted by Crippen LogP contribution is 2.15. The summed E-state index contributed by atoms with van der Waals surface area (Å²) in [7, 11) is 0. The zero-order valence-corrected chi connectivity index (χ0v) is 53.5. The van der Waals surface area contributed by atoms with Crippen molar-refractivity contribution in [1.29, 1.82) is 0 Å². The van der Waals surface area contributed by atoms with Crippen LogP contribution in [0.3, 0.4) is 0 Å². The summed E-state index contributed by atoms with van der Waals surface area (Å²) in [6, 6.07) is 0. The highest BCUT2D eigenvalue weighted by atomic mass is 16.6. The fraction of sp³-hybridized carbons (Fsp3) is 0.671. The second-order valence-corrected chi connectivity index (χ2v) is 22.3. The van der Waals surface area contributed by atoms with Crippen molar-refractivity contribution in [2.24, 2.45) is 0 Å². The molecule has 0 aliphatic carbocycles. The van der Waals surface area contributed by atoms with Crippen molar-refractivity contribution in [3.05, 3.63) is 134 Å². The summed E-state index contributed by atoms with van der Waals surface area (Å²) in [5.74, 6) is -0.973. The Bertz CT molecular complexity index is 1730. The average Bonchev–Trinajstić information content (AvgIpc) is 3.47. The molecule has 0 fully saturated rings. The topological polar surface area (TPSA) is 78.9 Å². The molecule has 0 spiro atoms. The average molecular weight is 1140 g/mol. The first-order chi connectivity index (χ1) is 40.5. The highest BCUT2D eigenvalue weighted by molar-refractivity contribution is 5.71. The van der Waals surface area contributed by atoms with Crippen LogP contribution in [0.2, 0.25) is 0 Å². The molecule has 1 atom stereocenters. The molecule has 0 aromatic rings. The van der Waals surface area contributed by atoms with Gasteiger partial charge in [-0.3, -0.25) is 14.4 Å². The first kappa shape index (κ1) is 77.5. The lowest BCUT2D eigenvalue weighted by molar-refractivity contribution is -0.167. The van der Waals surface area contributed by atoms with Crippen LogP contribution in [0.5, 0.6) is 0 Å². The number of rotatable bonds is 61. The number of carbonyl (C=O) groups excluding carboxylic acids is 3. The van der Waals surface area contributed by atoms with E-state index >= 15 is 0 Å². The van der Waals surface area contributed by atoms with E-state index in [1.807, 2.05) is 0 Å². The molecule has 0 heterocycles. The molecule has 0 aliphatic heterocycles. The van der Waals surface area contributed by atoms with Crippen molar-refractivity contribution in [3.8, 4) is 0 Å². The maximum atomic E-state index is 12.9. The van der Waals surface area contributed by atoms with Gasteiger partial charge in [-0.05, 0) is 135 Å². The van der Waals surface area contributed by atoms with Crippen molar-refractivity contribution in [1.82, 2.24) is 0 Å². The van der Waals surface area contributed by atoms with Crippen LogP contribution >= 0.6 is 0 Å². The Morgan fingerprint density at radius 3 is 0.793 bits per heavy atom. The van der Waals surface area contributed by atoms with E-state index in [2.05, 4.69) is 154 Å². The molecule has 0 rings (SSSR count). The molecule has 0 N–H and O–H groups in total. The molecule has 0 aromatic carbocycles. The predicted molar refractivity (Wildman–Crippen MR) is 357 cm³/mol. The minimum absolute atomic E-state index is 0.107. The number of esters is 3. The SMILES string of the molecule is CC/C=C\C/C=C\C/C=C\C/C=C\C/C=C\C/C=C\C/C=C\CCCC(=O)OC(COC(=O)CCCCCCC/C=C\CCCCCCC)COC(=O)CCCCCCCCCCCCCC/C=C\C/C=C\C/C=C\CCCCCCC. The van der Waals surface area contributed by atoms with E-state index < -0.39 is 6.10 Å². The molecule has 0 saturated heterocycles. The Hall–Kier alpha value is -4.45. The van der Waals surface area contributed by atoms with E-state index in [1.54, 1.807) is 0 Å². The molecule has 1 unspecified atom stereocenters. The van der Waals surface area contributed by atoms with Crippen LogP contribution in [0.15, 0.2) is 134 Å². The summed E-state index contributed by atoms with van der Waals surface area (Å²) in [6.07, 6.45) is 97.6. The molecule has 6 nitrogen and oxygen atoms in total. The molecule has 0 saturated carbocycles. The summed E-state index contributed by atoms with van der Waals surface area (Å²) in [5.41, 5.74) is 0. The lowest BCUT2D eigenvalue weighted by atomic mass is 10.0. The third-order valence-electron chi connectivity index (χ3n) is 14.4. The number of ether oxygens (including phenoxy) is 3. The zero-order chi connectivity index (χ0) is 59.2. The molecule has 0 radical (unpaired) electrons. The summed E-state index contributed by atoms with van der Waals surface area (Å²) < 4.78 is 16.9. The van der Waals surface area contributed by atoms with E-state index in [9.17, 15) is 14.4 Å². The maximum Gasteiger partial charge on any atom is 0.306 e. The van der Waals surface area contributed by atoms with Gasteiger partial charge in [0, 0.05) is 19.3 Å². The monoisotopic (exact) mass is 1130 g/mol. The van der Waals surface area contributed by atoms with Gasteiger partial charge in [0.2, 0.25) is 0 Å². The fourth-order valence-corrected chi connectivity index (χ4v) is 9.26. The summed E-state index contributed by atoms with van der Waals surface area (Å²) in [5, 5.41) is 0. The fourth-order valence-electron chi connectivity index (χ4n) is 9.26. The van der Waals surface area contributed by atoms with Gasteiger partial charge in [-0.15, -0.1) is 0 Å². The Labute approximate surface area is 506 Å². The van der Waals surface area contributed by atoms with Crippen LogP contribution in [0, 0.1) is 0 Å². The summed E-state index contributed by atoms with van der Waals surface area (Å²) in [6.45, 7) is 6.47. The van der Waals surface area contributed by atoms with Gasteiger partial charge < -0.3 is 14.2 Å². The standard InChI is InChI=1S/C76H126O6/c1-4-7-10-13-16-19-22-25-28-30-32-34-36-37-38-39-41-42-44-46-48-51-54-57-60-63-66-69-75(78)81-72-73(71-80-74(77)68-65-62-59-56-53-50-27-24-21-18-15-12-9-6-3)82-76(79)70-67-64-61-58-55-52-49-47-45-43-40-35-33-31-29-26-23-20-17-14-11-8-5-2/h8,11,17,20,22,24-27,29-30,32-33,35-37,43,45,49,52,58,61,73H,4-7,9-10,12-16,18-19,21,23,28,31,34,38-42,44,46-48,50-51,53-57,59-60,62-72H2,1-3H3/b11-8-,20-17-,25-22-,27-24-,29-26-,32-30-,35-33-,37-36-,45-43-,52-49-,61-58-. The summed E-state index contributed by atoms with van der Waals surface area (Å²) >= 11 is 0. The quantitative estimate of drug-likeness (QED) is 0.0261. The minimum atomic E-state index is -0.819. The number of unbranched alkanes of at least 4 members (excludes halogenated alkanes) is 28.